The molecule has 1 fully saturated rings. The Labute approximate surface area is 171 Å². The van der Waals surface area contributed by atoms with Crippen LogP contribution in [0.2, 0.25) is 0 Å². The first-order chi connectivity index (χ1) is 13.6. The monoisotopic (exact) mass is 389 g/mol. The highest BCUT2D eigenvalue weighted by molar-refractivity contribution is 5.79. The maximum Gasteiger partial charge on any atom is 0.191 e. The van der Waals surface area contributed by atoms with Gasteiger partial charge in [0.2, 0.25) is 0 Å². The molecule has 0 saturated carbocycles. The summed E-state index contributed by atoms with van der Waals surface area (Å²) in [5, 5.41) is 7.05. The number of morpholine rings is 1. The molecule has 6 heteroatoms. The molecule has 1 aliphatic rings. The summed E-state index contributed by atoms with van der Waals surface area (Å²) < 4.78 is 5.56. The summed E-state index contributed by atoms with van der Waals surface area (Å²) in [6.45, 7) is 15.3. The van der Waals surface area contributed by atoms with Gasteiger partial charge in [-0.15, -0.1) is 0 Å². The minimum absolute atomic E-state index is 0.325. The predicted molar refractivity (Wildman–Crippen MR) is 118 cm³/mol. The second-order valence-corrected chi connectivity index (χ2v) is 7.49. The molecule has 0 aromatic heterocycles. The van der Waals surface area contributed by atoms with Crippen LogP contribution in [0, 0.1) is 0 Å². The van der Waals surface area contributed by atoms with E-state index in [4.69, 9.17) is 4.74 Å². The molecule has 0 aliphatic carbocycles. The van der Waals surface area contributed by atoms with Crippen molar-refractivity contribution in [3.63, 3.8) is 0 Å². The largest absolute Gasteiger partial charge is 0.379 e. The zero-order chi connectivity index (χ0) is 20.4. The zero-order valence-corrected chi connectivity index (χ0v) is 18.3. The topological polar surface area (TPSA) is 52.1 Å². The van der Waals surface area contributed by atoms with Crippen molar-refractivity contribution in [2.45, 2.75) is 45.8 Å². The van der Waals surface area contributed by atoms with Gasteiger partial charge in [-0.05, 0) is 32.5 Å². The fraction of sp³-hybridized carbons (Fsp3) is 0.682. The maximum atomic E-state index is 5.56. The molecule has 158 valence electrons. The van der Waals surface area contributed by atoms with Crippen molar-refractivity contribution in [1.29, 1.82) is 0 Å². The molecule has 0 radical (unpaired) electrons. The van der Waals surface area contributed by atoms with Gasteiger partial charge in [0.25, 0.3) is 0 Å². The van der Waals surface area contributed by atoms with Gasteiger partial charge in [-0.1, -0.05) is 44.2 Å². The summed E-state index contributed by atoms with van der Waals surface area (Å²) in [5.74, 6) is 0.862. The number of guanidine groups is 1. The van der Waals surface area contributed by atoms with Gasteiger partial charge in [0, 0.05) is 38.8 Å². The fourth-order valence-electron chi connectivity index (χ4n) is 3.97. The number of benzene rings is 1. The number of nitrogens with one attached hydrogen (secondary N) is 2. The summed E-state index contributed by atoms with van der Waals surface area (Å²) in [7, 11) is 1.84. The van der Waals surface area contributed by atoms with Gasteiger partial charge in [-0.25, -0.2) is 0 Å². The Bertz CT molecular complexity index is 576. The van der Waals surface area contributed by atoms with Crippen molar-refractivity contribution in [2.75, 3.05) is 53.0 Å². The van der Waals surface area contributed by atoms with Gasteiger partial charge in [0.05, 0.1) is 19.3 Å². The van der Waals surface area contributed by atoms with Crippen LogP contribution in [-0.2, 0) is 4.74 Å². The number of hydrogen-bond acceptors (Lipinski definition) is 4. The van der Waals surface area contributed by atoms with E-state index in [-0.39, 0.29) is 0 Å². The minimum Gasteiger partial charge on any atom is -0.379 e. The van der Waals surface area contributed by atoms with Crippen LogP contribution in [0.5, 0.6) is 0 Å². The molecule has 1 aromatic carbocycles. The van der Waals surface area contributed by atoms with Crippen molar-refractivity contribution in [3.05, 3.63) is 35.9 Å². The molecule has 1 aliphatic heterocycles. The average Bonchev–Trinajstić information content (AvgIpc) is 2.73. The molecule has 28 heavy (non-hydrogen) atoms. The first-order valence-corrected chi connectivity index (χ1v) is 10.7. The lowest BCUT2D eigenvalue weighted by molar-refractivity contribution is -0.0174. The molecular formula is C22H39N5O. The van der Waals surface area contributed by atoms with E-state index >= 15 is 0 Å². The second kappa shape index (κ2) is 12.0. The third-order valence-electron chi connectivity index (χ3n) is 5.67. The first-order valence-electron chi connectivity index (χ1n) is 10.7. The molecule has 3 atom stereocenters. The Morgan fingerprint density at radius 2 is 1.89 bits per heavy atom. The lowest BCUT2D eigenvalue weighted by Crippen LogP contribution is -2.53. The van der Waals surface area contributed by atoms with E-state index in [1.165, 1.54) is 5.56 Å². The number of rotatable bonds is 9. The van der Waals surface area contributed by atoms with Crippen LogP contribution in [-0.4, -0.2) is 80.8 Å². The van der Waals surface area contributed by atoms with Gasteiger partial charge < -0.3 is 15.4 Å². The van der Waals surface area contributed by atoms with Crippen LogP contribution in [0.1, 0.15) is 39.3 Å². The smallest absolute Gasteiger partial charge is 0.191 e. The second-order valence-electron chi connectivity index (χ2n) is 7.49. The Morgan fingerprint density at radius 1 is 1.21 bits per heavy atom. The number of hydrogen-bond donors (Lipinski definition) is 2. The molecule has 3 unspecified atom stereocenters. The van der Waals surface area contributed by atoms with Crippen LogP contribution in [0.4, 0.5) is 0 Å². The lowest BCUT2D eigenvalue weighted by Gasteiger charge is -2.38. The number of nitrogens with zero attached hydrogens (tertiary/aromatic N) is 3. The highest BCUT2D eigenvalue weighted by atomic mass is 16.5. The Balaban J connectivity index is 1.91. The van der Waals surface area contributed by atoms with E-state index in [1.807, 2.05) is 7.05 Å². The molecule has 1 aromatic rings. The average molecular weight is 390 g/mol. The van der Waals surface area contributed by atoms with Crippen LogP contribution in [0.3, 0.4) is 0 Å². The fourth-order valence-corrected chi connectivity index (χ4v) is 3.97. The van der Waals surface area contributed by atoms with Crippen LogP contribution in [0.15, 0.2) is 35.3 Å². The van der Waals surface area contributed by atoms with Gasteiger partial charge in [-0.2, -0.15) is 0 Å². The van der Waals surface area contributed by atoms with Gasteiger partial charge in [0.15, 0.2) is 5.96 Å². The molecule has 1 heterocycles. The quantitative estimate of drug-likeness (QED) is 0.502. The molecule has 0 amide bonds. The first kappa shape index (κ1) is 22.7. The minimum atomic E-state index is 0.325. The van der Waals surface area contributed by atoms with Gasteiger partial charge >= 0.3 is 0 Å². The van der Waals surface area contributed by atoms with E-state index in [0.29, 0.717) is 18.1 Å². The lowest BCUT2D eigenvalue weighted by atomic mass is 10.1. The molecule has 2 N–H and O–H groups in total. The number of aliphatic imine (C=N–C) groups is 1. The summed E-state index contributed by atoms with van der Waals surface area (Å²) in [6.07, 6.45) is 0. The van der Waals surface area contributed by atoms with Gasteiger partial charge in [-0.3, -0.25) is 14.8 Å². The predicted octanol–water partition coefficient (Wildman–Crippen LogP) is 2.34. The van der Waals surface area contributed by atoms with E-state index in [1.54, 1.807) is 0 Å². The van der Waals surface area contributed by atoms with Gasteiger partial charge in [0.1, 0.15) is 0 Å². The summed E-state index contributed by atoms with van der Waals surface area (Å²) in [6, 6.07) is 12.0. The van der Waals surface area contributed by atoms with Crippen molar-refractivity contribution in [1.82, 2.24) is 20.4 Å². The highest BCUT2D eigenvalue weighted by Crippen LogP contribution is 2.19. The normalized spacial score (nSPS) is 20.8. The third-order valence-corrected chi connectivity index (χ3v) is 5.67. The standard InChI is InChI=1S/C22H39N5O/c1-6-26(7-2)21(20-11-9-8-10-12-20)16-25-22(23-5)24-15-18(3)27-13-14-28-17-19(27)4/h8-12,18-19,21H,6-7,13-17H2,1-5H3,(H2,23,24,25). The summed E-state index contributed by atoms with van der Waals surface area (Å²) in [4.78, 5) is 9.42. The van der Waals surface area contributed by atoms with Crippen LogP contribution < -0.4 is 10.6 Å². The number of ether oxygens (including phenoxy) is 1. The maximum absolute atomic E-state index is 5.56. The summed E-state index contributed by atoms with van der Waals surface area (Å²) in [5.41, 5.74) is 1.34. The Morgan fingerprint density at radius 3 is 2.50 bits per heavy atom. The Kier molecular flexibility index (Phi) is 9.75. The molecule has 0 spiro atoms. The SMILES string of the molecule is CCN(CC)C(CNC(=NC)NCC(C)N1CCOCC1C)c1ccccc1. The Hall–Kier alpha value is -1.63. The highest BCUT2D eigenvalue weighted by Gasteiger charge is 2.24. The van der Waals surface area contributed by atoms with Crippen molar-refractivity contribution in [3.8, 4) is 0 Å². The summed E-state index contributed by atoms with van der Waals surface area (Å²) >= 11 is 0. The van der Waals surface area contributed by atoms with Crippen LogP contribution in [0.25, 0.3) is 0 Å². The van der Waals surface area contributed by atoms with Crippen molar-refractivity contribution >= 4 is 5.96 Å². The van der Waals surface area contributed by atoms with Crippen LogP contribution >= 0.6 is 0 Å². The van der Waals surface area contributed by atoms with E-state index in [9.17, 15) is 0 Å². The zero-order valence-electron chi connectivity index (χ0n) is 18.3. The van der Waals surface area contributed by atoms with E-state index < -0.39 is 0 Å². The molecule has 6 nitrogen and oxygen atoms in total. The third kappa shape index (κ3) is 6.47. The van der Waals surface area contributed by atoms with E-state index in [2.05, 4.69) is 83.5 Å². The molecule has 1 saturated heterocycles. The molecule has 2 rings (SSSR count). The van der Waals surface area contributed by atoms with Crippen molar-refractivity contribution in [2.24, 2.45) is 4.99 Å². The van der Waals surface area contributed by atoms with Crippen molar-refractivity contribution < 1.29 is 4.74 Å². The number of likely N-dealkylation sites (N-methyl/N-ethyl adjacent to an activating group) is 1. The molecule has 0 bridgehead atoms. The molecular weight excluding hydrogens is 350 g/mol. The van der Waals surface area contributed by atoms with E-state index in [0.717, 1.165) is 51.9 Å².